The van der Waals surface area contributed by atoms with Gasteiger partial charge in [0.05, 0.1) is 25.5 Å². The predicted molar refractivity (Wildman–Crippen MR) is 96.9 cm³/mol. The van der Waals surface area contributed by atoms with E-state index >= 15 is 0 Å². The van der Waals surface area contributed by atoms with Gasteiger partial charge in [-0.3, -0.25) is 10.3 Å². The van der Waals surface area contributed by atoms with Gasteiger partial charge in [0.2, 0.25) is 0 Å². The van der Waals surface area contributed by atoms with Crippen molar-refractivity contribution in [3.63, 3.8) is 0 Å². The second-order valence-electron chi connectivity index (χ2n) is 6.09. The smallest absolute Gasteiger partial charge is 0.337 e. The maximum absolute atomic E-state index is 11.7. The molecule has 0 spiro atoms. The lowest BCUT2D eigenvalue weighted by Crippen LogP contribution is -2.33. The standard InChI is InChI=1S/C20H21NO5/c1-20(12-16(21-26-20)14-7-5-4-6-8-14)13-25-18-11-15(19(22)24-3)9-10-17(18)23-2/h4-12,21H,13H2,1-3H3. The van der Waals surface area contributed by atoms with Crippen LogP contribution in [-0.2, 0) is 9.57 Å². The molecular formula is C20H21NO5. The molecule has 26 heavy (non-hydrogen) atoms. The highest BCUT2D eigenvalue weighted by Crippen LogP contribution is 2.31. The summed E-state index contributed by atoms with van der Waals surface area (Å²) < 4.78 is 15.9. The van der Waals surface area contributed by atoms with Crippen LogP contribution in [0.4, 0.5) is 0 Å². The monoisotopic (exact) mass is 355 g/mol. The number of rotatable bonds is 6. The van der Waals surface area contributed by atoms with E-state index < -0.39 is 11.6 Å². The van der Waals surface area contributed by atoms with E-state index in [1.807, 2.05) is 43.3 Å². The van der Waals surface area contributed by atoms with Crippen LogP contribution >= 0.6 is 0 Å². The Hall–Kier alpha value is -2.99. The molecule has 136 valence electrons. The van der Waals surface area contributed by atoms with E-state index in [2.05, 4.69) is 5.48 Å². The first-order valence-electron chi connectivity index (χ1n) is 8.16. The van der Waals surface area contributed by atoms with Crippen molar-refractivity contribution in [2.45, 2.75) is 12.5 Å². The maximum atomic E-state index is 11.7. The number of carbonyl (C=O) groups is 1. The second-order valence-corrected chi connectivity index (χ2v) is 6.09. The van der Waals surface area contributed by atoms with Gasteiger partial charge in [0.1, 0.15) is 12.2 Å². The molecule has 0 bridgehead atoms. The molecule has 1 unspecified atom stereocenters. The predicted octanol–water partition coefficient (Wildman–Crippen LogP) is 3.20. The van der Waals surface area contributed by atoms with E-state index in [4.69, 9.17) is 19.0 Å². The first-order valence-corrected chi connectivity index (χ1v) is 8.16. The summed E-state index contributed by atoms with van der Waals surface area (Å²) in [6.45, 7) is 2.14. The van der Waals surface area contributed by atoms with Crippen molar-refractivity contribution in [2.24, 2.45) is 0 Å². The highest BCUT2D eigenvalue weighted by molar-refractivity contribution is 5.90. The van der Waals surface area contributed by atoms with Crippen molar-refractivity contribution in [1.82, 2.24) is 5.48 Å². The molecule has 0 radical (unpaired) electrons. The van der Waals surface area contributed by atoms with Gasteiger partial charge in [-0.05, 0) is 36.8 Å². The molecule has 2 aromatic carbocycles. The third kappa shape index (κ3) is 3.81. The Morgan fingerprint density at radius 1 is 1.12 bits per heavy atom. The minimum absolute atomic E-state index is 0.233. The molecule has 0 saturated heterocycles. The van der Waals surface area contributed by atoms with Gasteiger partial charge in [-0.1, -0.05) is 30.3 Å². The van der Waals surface area contributed by atoms with E-state index in [0.29, 0.717) is 17.1 Å². The zero-order chi connectivity index (χ0) is 18.6. The third-order valence-electron chi connectivity index (χ3n) is 4.03. The molecule has 2 aromatic rings. The summed E-state index contributed by atoms with van der Waals surface area (Å²) >= 11 is 0. The van der Waals surface area contributed by atoms with E-state index in [1.54, 1.807) is 25.3 Å². The third-order valence-corrected chi connectivity index (χ3v) is 4.03. The van der Waals surface area contributed by atoms with Crippen molar-refractivity contribution in [2.75, 3.05) is 20.8 Å². The van der Waals surface area contributed by atoms with Crippen molar-refractivity contribution in [1.29, 1.82) is 0 Å². The van der Waals surface area contributed by atoms with Crippen LogP contribution in [0.2, 0.25) is 0 Å². The topological polar surface area (TPSA) is 66.0 Å². The maximum Gasteiger partial charge on any atom is 0.337 e. The zero-order valence-corrected chi connectivity index (χ0v) is 14.9. The van der Waals surface area contributed by atoms with Gasteiger partial charge in [0, 0.05) is 0 Å². The van der Waals surface area contributed by atoms with Gasteiger partial charge in [0.25, 0.3) is 0 Å². The Bertz CT molecular complexity index is 818. The molecule has 0 aromatic heterocycles. The Kier molecular flexibility index (Phi) is 5.14. The zero-order valence-electron chi connectivity index (χ0n) is 14.9. The first-order chi connectivity index (χ1) is 12.5. The van der Waals surface area contributed by atoms with Gasteiger partial charge in [-0.25, -0.2) is 4.79 Å². The van der Waals surface area contributed by atoms with Crippen LogP contribution in [-0.4, -0.2) is 32.4 Å². The van der Waals surface area contributed by atoms with Crippen LogP contribution in [0.1, 0.15) is 22.8 Å². The lowest BCUT2D eigenvalue weighted by atomic mass is 10.0. The van der Waals surface area contributed by atoms with Gasteiger partial charge < -0.3 is 14.2 Å². The summed E-state index contributed by atoms with van der Waals surface area (Å²) in [5.74, 6) is 0.537. The number of nitrogens with one attached hydrogen (secondary N) is 1. The lowest BCUT2D eigenvalue weighted by molar-refractivity contribution is -0.0476. The van der Waals surface area contributed by atoms with Crippen molar-refractivity contribution in [3.8, 4) is 11.5 Å². The number of esters is 1. The Labute approximate surface area is 152 Å². The van der Waals surface area contributed by atoms with Gasteiger partial charge in [0.15, 0.2) is 11.5 Å². The van der Waals surface area contributed by atoms with E-state index in [1.165, 1.54) is 7.11 Å². The molecule has 1 atom stereocenters. The first kappa shape index (κ1) is 17.8. The van der Waals surface area contributed by atoms with E-state index in [-0.39, 0.29) is 6.61 Å². The molecule has 0 amide bonds. The van der Waals surface area contributed by atoms with Crippen LogP contribution in [0, 0.1) is 0 Å². The lowest BCUT2D eigenvalue weighted by Gasteiger charge is -2.21. The molecule has 6 nitrogen and oxygen atoms in total. The van der Waals surface area contributed by atoms with Crippen LogP contribution in [0.3, 0.4) is 0 Å². The molecule has 0 fully saturated rings. The fourth-order valence-electron chi connectivity index (χ4n) is 2.62. The normalized spacial score (nSPS) is 18.7. The minimum atomic E-state index is -0.669. The number of hydrogen-bond donors (Lipinski definition) is 1. The number of hydrogen-bond acceptors (Lipinski definition) is 6. The summed E-state index contributed by atoms with van der Waals surface area (Å²) in [6, 6.07) is 14.8. The second kappa shape index (κ2) is 7.49. The molecule has 1 heterocycles. The quantitative estimate of drug-likeness (QED) is 0.803. The summed E-state index contributed by atoms with van der Waals surface area (Å²) in [6.07, 6.45) is 1.97. The van der Waals surface area contributed by atoms with Crippen molar-refractivity contribution >= 4 is 11.7 Å². The Morgan fingerprint density at radius 2 is 1.88 bits per heavy atom. The average Bonchev–Trinajstić information content (AvgIpc) is 3.09. The minimum Gasteiger partial charge on any atom is -0.493 e. The molecule has 0 aliphatic carbocycles. The van der Waals surface area contributed by atoms with E-state index in [0.717, 1.165) is 11.3 Å². The highest BCUT2D eigenvalue weighted by atomic mass is 16.7. The molecule has 1 aliphatic heterocycles. The molecular weight excluding hydrogens is 334 g/mol. The SMILES string of the molecule is COC(=O)c1ccc(OC)c(OCC2(C)C=C(c3ccccc3)NO2)c1. The summed E-state index contributed by atoms with van der Waals surface area (Å²) in [5, 5.41) is 0. The van der Waals surface area contributed by atoms with Crippen LogP contribution in [0.25, 0.3) is 5.70 Å². The summed E-state index contributed by atoms with van der Waals surface area (Å²) in [7, 11) is 2.88. The van der Waals surface area contributed by atoms with Crippen molar-refractivity contribution in [3.05, 3.63) is 65.7 Å². The molecule has 1 N–H and O–H groups in total. The van der Waals surface area contributed by atoms with Crippen LogP contribution in [0.5, 0.6) is 11.5 Å². The average molecular weight is 355 g/mol. The Balaban J connectivity index is 1.76. The van der Waals surface area contributed by atoms with Crippen LogP contribution < -0.4 is 15.0 Å². The molecule has 3 rings (SSSR count). The fraction of sp³-hybridized carbons (Fsp3) is 0.250. The number of methoxy groups -OCH3 is 2. The van der Waals surface area contributed by atoms with E-state index in [9.17, 15) is 4.79 Å². The molecule has 0 saturated carbocycles. The summed E-state index contributed by atoms with van der Waals surface area (Å²) in [5.41, 5.74) is 4.57. The van der Waals surface area contributed by atoms with Gasteiger partial charge in [-0.15, -0.1) is 0 Å². The fourth-order valence-corrected chi connectivity index (χ4v) is 2.62. The van der Waals surface area contributed by atoms with Crippen LogP contribution in [0.15, 0.2) is 54.6 Å². The largest absolute Gasteiger partial charge is 0.493 e. The number of carbonyl (C=O) groups excluding carboxylic acids is 1. The number of benzene rings is 2. The van der Waals surface area contributed by atoms with Gasteiger partial charge >= 0.3 is 5.97 Å². The number of hydroxylamine groups is 1. The Morgan fingerprint density at radius 3 is 2.58 bits per heavy atom. The summed E-state index contributed by atoms with van der Waals surface area (Å²) in [4.78, 5) is 17.4. The van der Waals surface area contributed by atoms with Gasteiger partial charge in [-0.2, -0.15) is 0 Å². The van der Waals surface area contributed by atoms with Crippen molar-refractivity contribution < 1.29 is 23.8 Å². The number of ether oxygens (including phenoxy) is 3. The highest BCUT2D eigenvalue weighted by Gasteiger charge is 2.32. The molecule has 6 heteroatoms. The molecule has 1 aliphatic rings.